The van der Waals surface area contributed by atoms with Gasteiger partial charge in [0.1, 0.15) is 0 Å². The zero-order chi connectivity index (χ0) is 11.8. The normalized spacial score (nSPS) is 12.1. The topological polar surface area (TPSA) is 26.3 Å². The van der Waals surface area contributed by atoms with Gasteiger partial charge in [-0.25, -0.2) is 0 Å². The van der Waals surface area contributed by atoms with Crippen molar-refractivity contribution >= 4 is 29.3 Å². The molecule has 1 unspecified atom stereocenters. The SMILES string of the molecule is COC(=O)CC(CCl)SCc1ccccc1. The Kier molecular flexibility index (Phi) is 6.34. The van der Waals surface area contributed by atoms with Gasteiger partial charge in [0, 0.05) is 16.9 Å². The number of carbonyl (C=O) groups is 1. The molecule has 0 spiro atoms. The highest BCUT2D eigenvalue weighted by Gasteiger charge is 2.13. The molecule has 0 saturated carbocycles. The number of rotatable bonds is 6. The molecule has 0 N–H and O–H groups in total. The summed E-state index contributed by atoms with van der Waals surface area (Å²) in [5, 5.41) is 0.120. The molecular weight excluding hydrogens is 244 g/mol. The van der Waals surface area contributed by atoms with Gasteiger partial charge in [-0.2, -0.15) is 11.8 Å². The van der Waals surface area contributed by atoms with E-state index in [-0.39, 0.29) is 11.2 Å². The number of hydrogen-bond acceptors (Lipinski definition) is 3. The van der Waals surface area contributed by atoms with Gasteiger partial charge in [-0.15, -0.1) is 11.6 Å². The highest BCUT2D eigenvalue weighted by molar-refractivity contribution is 7.99. The maximum atomic E-state index is 11.1. The number of alkyl halides is 1. The third-order valence-electron chi connectivity index (χ3n) is 2.12. The average Bonchev–Trinajstić information content (AvgIpc) is 2.35. The molecule has 1 aromatic rings. The fraction of sp³-hybridized carbons (Fsp3) is 0.417. The molecule has 0 aromatic heterocycles. The quantitative estimate of drug-likeness (QED) is 0.579. The number of carbonyl (C=O) groups excluding carboxylic acids is 1. The number of ether oxygens (including phenoxy) is 1. The zero-order valence-corrected chi connectivity index (χ0v) is 10.8. The van der Waals surface area contributed by atoms with Gasteiger partial charge >= 0.3 is 5.97 Å². The largest absolute Gasteiger partial charge is 0.469 e. The molecule has 4 heteroatoms. The molecular formula is C12H15ClO2S. The zero-order valence-electron chi connectivity index (χ0n) is 9.19. The van der Waals surface area contributed by atoms with Crippen molar-refractivity contribution in [2.24, 2.45) is 0 Å². The van der Waals surface area contributed by atoms with Crippen molar-refractivity contribution in [2.75, 3.05) is 13.0 Å². The van der Waals surface area contributed by atoms with Gasteiger partial charge in [-0.05, 0) is 5.56 Å². The highest BCUT2D eigenvalue weighted by atomic mass is 35.5. The predicted molar refractivity (Wildman–Crippen MR) is 68.9 cm³/mol. The van der Waals surface area contributed by atoms with Gasteiger partial charge < -0.3 is 4.74 Å². The first-order chi connectivity index (χ1) is 7.76. The second kappa shape index (κ2) is 7.58. The third-order valence-corrected chi connectivity index (χ3v) is 3.98. The lowest BCUT2D eigenvalue weighted by Gasteiger charge is -2.11. The first kappa shape index (κ1) is 13.4. The van der Waals surface area contributed by atoms with E-state index in [1.165, 1.54) is 12.7 Å². The second-order valence-electron chi connectivity index (χ2n) is 3.35. The molecule has 0 saturated heterocycles. The molecule has 16 heavy (non-hydrogen) atoms. The lowest BCUT2D eigenvalue weighted by Crippen LogP contribution is -2.13. The van der Waals surface area contributed by atoms with E-state index in [1.54, 1.807) is 11.8 Å². The summed E-state index contributed by atoms with van der Waals surface area (Å²) in [4.78, 5) is 11.1. The Morgan fingerprint density at radius 1 is 1.44 bits per heavy atom. The monoisotopic (exact) mass is 258 g/mol. The highest BCUT2D eigenvalue weighted by Crippen LogP contribution is 2.21. The third kappa shape index (κ3) is 4.90. The van der Waals surface area contributed by atoms with Crippen LogP contribution in [0.5, 0.6) is 0 Å². The Hall–Kier alpha value is -0.670. The van der Waals surface area contributed by atoms with E-state index in [4.69, 9.17) is 11.6 Å². The maximum Gasteiger partial charge on any atom is 0.306 e. The Morgan fingerprint density at radius 2 is 2.12 bits per heavy atom. The van der Waals surface area contributed by atoms with E-state index in [9.17, 15) is 4.79 Å². The summed E-state index contributed by atoms with van der Waals surface area (Å²) < 4.78 is 4.62. The van der Waals surface area contributed by atoms with Crippen molar-refractivity contribution in [3.05, 3.63) is 35.9 Å². The summed E-state index contributed by atoms with van der Waals surface area (Å²) in [7, 11) is 1.40. The molecule has 0 fully saturated rings. The lowest BCUT2D eigenvalue weighted by molar-refractivity contribution is -0.140. The second-order valence-corrected chi connectivity index (χ2v) is 4.95. The van der Waals surface area contributed by atoms with Gasteiger partial charge in [-0.3, -0.25) is 4.79 Å². The van der Waals surface area contributed by atoms with Crippen LogP contribution in [0.4, 0.5) is 0 Å². The van der Waals surface area contributed by atoms with Crippen LogP contribution in [0.15, 0.2) is 30.3 Å². The first-order valence-electron chi connectivity index (χ1n) is 5.04. The van der Waals surface area contributed by atoms with Gasteiger partial charge in [-0.1, -0.05) is 30.3 Å². The number of thioether (sulfide) groups is 1. The van der Waals surface area contributed by atoms with Crippen LogP contribution in [0, 0.1) is 0 Å². The molecule has 0 amide bonds. The summed E-state index contributed by atoms with van der Waals surface area (Å²) in [6.45, 7) is 0. The molecule has 0 heterocycles. The molecule has 0 bridgehead atoms. The van der Waals surface area contributed by atoms with Gasteiger partial charge in [0.05, 0.1) is 13.5 Å². The summed E-state index contributed by atoms with van der Waals surface area (Å²) >= 11 is 7.49. The van der Waals surface area contributed by atoms with E-state index < -0.39 is 0 Å². The van der Waals surface area contributed by atoms with E-state index in [0.717, 1.165) is 5.75 Å². The Labute approximate surface area is 105 Å². The van der Waals surface area contributed by atoms with Crippen LogP contribution in [0.1, 0.15) is 12.0 Å². The van der Waals surface area contributed by atoms with Crippen molar-refractivity contribution in [3.63, 3.8) is 0 Å². The van der Waals surface area contributed by atoms with Gasteiger partial charge in [0.2, 0.25) is 0 Å². The van der Waals surface area contributed by atoms with Crippen molar-refractivity contribution in [2.45, 2.75) is 17.4 Å². The fourth-order valence-electron chi connectivity index (χ4n) is 1.22. The number of halogens is 1. The summed E-state index contributed by atoms with van der Waals surface area (Å²) in [5.74, 6) is 1.13. The van der Waals surface area contributed by atoms with Crippen LogP contribution in [-0.4, -0.2) is 24.2 Å². The number of hydrogen-bond donors (Lipinski definition) is 0. The van der Waals surface area contributed by atoms with Crippen LogP contribution in [0.2, 0.25) is 0 Å². The minimum atomic E-state index is -0.203. The standard InChI is InChI=1S/C12H15ClO2S/c1-15-12(14)7-11(8-13)16-9-10-5-3-2-4-6-10/h2-6,11H,7-9H2,1H3. The lowest BCUT2D eigenvalue weighted by atomic mass is 10.2. The summed E-state index contributed by atoms with van der Waals surface area (Å²) in [6, 6.07) is 10.1. The van der Waals surface area contributed by atoms with Crippen LogP contribution in [0.3, 0.4) is 0 Å². The minimum absolute atomic E-state index is 0.120. The van der Waals surface area contributed by atoms with E-state index in [0.29, 0.717) is 12.3 Å². The van der Waals surface area contributed by atoms with Crippen LogP contribution < -0.4 is 0 Å². The van der Waals surface area contributed by atoms with Gasteiger partial charge in [0.25, 0.3) is 0 Å². The van der Waals surface area contributed by atoms with Crippen LogP contribution >= 0.6 is 23.4 Å². The van der Waals surface area contributed by atoms with E-state index in [1.807, 2.05) is 18.2 Å². The molecule has 2 nitrogen and oxygen atoms in total. The molecule has 0 aliphatic heterocycles. The Bertz CT molecular complexity index is 316. The van der Waals surface area contributed by atoms with E-state index in [2.05, 4.69) is 16.9 Å². The predicted octanol–water partition coefficient (Wildman–Crippen LogP) is 3.09. The minimum Gasteiger partial charge on any atom is -0.469 e. The molecule has 1 aromatic carbocycles. The smallest absolute Gasteiger partial charge is 0.306 e. The Morgan fingerprint density at radius 3 is 2.69 bits per heavy atom. The van der Waals surface area contributed by atoms with Crippen LogP contribution in [0.25, 0.3) is 0 Å². The fourth-order valence-corrected chi connectivity index (χ4v) is 2.56. The number of esters is 1. The maximum absolute atomic E-state index is 11.1. The van der Waals surface area contributed by atoms with Crippen molar-refractivity contribution < 1.29 is 9.53 Å². The van der Waals surface area contributed by atoms with E-state index >= 15 is 0 Å². The summed E-state index contributed by atoms with van der Waals surface area (Å²) in [6.07, 6.45) is 0.373. The molecule has 0 radical (unpaired) electrons. The van der Waals surface area contributed by atoms with Crippen molar-refractivity contribution in [1.82, 2.24) is 0 Å². The number of methoxy groups -OCH3 is 1. The summed E-state index contributed by atoms with van der Waals surface area (Å²) in [5.41, 5.74) is 1.24. The van der Waals surface area contributed by atoms with Crippen LogP contribution in [-0.2, 0) is 15.3 Å². The molecule has 1 atom stereocenters. The number of benzene rings is 1. The van der Waals surface area contributed by atoms with Gasteiger partial charge in [0.15, 0.2) is 0 Å². The van der Waals surface area contributed by atoms with Crippen molar-refractivity contribution in [1.29, 1.82) is 0 Å². The first-order valence-corrected chi connectivity index (χ1v) is 6.63. The molecule has 1 rings (SSSR count). The average molecular weight is 259 g/mol. The molecule has 0 aliphatic rings. The molecule has 0 aliphatic carbocycles. The Balaban J connectivity index is 2.37. The van der Waals surface area contributed by atoms with Crippen molar-refractivity contribution in [3.8, 4) is 0 Å². The molecule has 88 valence electrons.